The van der Waals surface area contributed by atoms with Gasteiger partial charge in [0.05, 0.1) is 93.9 Å². The Morgan fingerprint density at radius 1 is 0.306 bits per heavy atom. The van der Waals surface area contributed by atoms with E-state index >= 15 is 0 Å². The van der Waals surface area contributed by atoms with Crippen molar-refractivity contribution in [2.45, 2.75) is 64.8 Å². The SMILES string of the molecule is CNc1nc2ccc(N3CCc4[nH]c5ccc(F)cc5c4C3)cc2o1.Fc1ccc2[nH]c3c(c2c1)CN(c1ccc2cc(N4CCOCC4)ncc2n1)CC3.Fc1cccc2c3c([nH]c12)CCN(c1ccc2oc(N4CCOCC4)nc2c1)C3.c1ccc2c3c([nH]c2c1)CCN(c1ccc(N2CCOCC2)cn1)C3.c1ccc2c3c([nH]c2c1)CCN(c1ccc(N2CCOCC2)nc1)C3. The number of hydrogen-bond acceptors (Lipinski definition) is 22. The molecule has 18 aromatic rings. The van der Waals surface area contributed by atoms with Gasteiger partial charge in [0.15, 0.2) is 11.2 Å². The summed E-state index contributed by atoms with van der Waals surface area (Å²) in [6.07, 6.45) is 10.6. The number of halogens is 3. The predicted octanol–water partition coefficient (Wildman–Crippen LogP) is 17.5. The van der Waals surface area contributed by atoms with Crippen molar-refractivity contribution in [2.75, 3.05) is 194 Å². The Balaban J connectivity index is 0.0000000948. The van der Waals surface area contributed by atoms with E-state index in [1.54, 1.807) is 25.2 Å². The molecule has 20 heterocycles. The molecule has 0 unspecified atom stereocenters. The molecule has 682 valence electrons. The Bertz CT molecular complexity index is 7160. The van der Waals surface area contributed by atoms with E-state index in [1.807, 2.05) is 55.0 Å². The number of anilines is 10. The fourth-order valence-electron chi connectivity index (χ4n) is 20.4. The number of para-hydroxylation sites is 3. The number of aromatic amines is 5. The molecule has 9 aliphatic heterocycles. The van der Waals surface area contributed by atoms with Gasteiger partial charge in [0.2, 0.25) is 0 Å². The molecule has 30 heteroatoms. The lowest BCUT2D eigenvalue weighted by Gasteiger charge is -2.30. The number of pyridine rings is 4. The molecule has 0 spiro atoms. The first kappa shape index (κ1) is 84.0. The van der Waals surface area contributed by atoms with Crippen LogP contribution in [0.5, 0.6) is 0 Å². The lowest BCUT2D eigenvalue weighted by molar-refractivity contribution is 0.120. The predicted molar refractivity (Wildman–Crippen MR) is 523 cm³/mol. The van der Waals surface area contributed by atoms with Gasteiger partial charge in [0.1, 0.15) is 51.8 Å². The van der Waals surface area contributed by atoms with E-state index in [0.29, 0.717) is 30.8 Å². The molecule has 7 aromatic carbocycles. The average molecular weight is 1800 g/mol. The number of benzene rings is 7. The Morgan fingerprint density at radius 2 is 0.754 bits per heavy atom. The van der Waals surface area contributed by atoms with Gasteiger partial charge in [-0.25, -0.2) is 33.1 Å². The third-order valence-corrected chi connectivity index (χ3v) is 27.6. The zero-order chi connectivity index (χ0) is 89.7. The van der Waals surface area contributed by atoms with Crippen LogP contribution < -0.4 is 49.4 Å². The van der Waals surface area contributed by atoms with Gasteiger partial charge in [-0.15, -0.1) is 0 Å². The number of rotatable bonds is 10. The second-order valence-electron chi connectivity index (χ2n) is 35.5. The minimum absolute atomic E-state index is 0.192. The van der Waals surface area contributed by atoms with Gasteiger partial charge in [-0.1, -0.05) is 48.5 Å². The highest BCUT2D eigenvalue weighted by atomic mass is 19.1. The summed E-state index contributed by atoms with van der Waals surface area (Å²) in [7, 11) is 1.79. The molecule has 9 aliphatic rings. The van der Waals surface area contributed by atoms with E-state index in [4.69, 9.17) is 47.7 Å². The van der Waals surface area contributed by atoms with Gasteiger partial charge in [-0.3, -0.25) is 0 Å². The summed E-state index contributed by atoms with van der Waals surface area (Å²) in [5.41, 5.74) is 26.5. The van der Waals surface area contributed by atoms with Crippen LogP contribution in [0.2, 0.25) is 0 Å². The van der Waals surface area contributed by atoms with Gasteiger partial charge in [-0.2, -0.15) is 9.97 Å². The maximum absolute atomic E-state index is 14.1. The van der Waals surface area contributed by atoms with Crippen LogP contribution in [0.25, 0.3) is 87.6 Å². The standard InChI is InChI=1S/C23H22FN5O.C22H21FN4O2.2C20H22N4O.C19H17FN4O/c24-16-2-3-19-17(12-16)18-14-29(6-5-20(18)26-19)22-4-1-15-11-23(25-13-21(15)27-22)28-7-9-30-10-8-28;23-17-3-1-2-15-16-13-27(7-6-18(16)24-21(15)17)14-4-5-20-19(12-14)25-22(29-20)26-8-10-28-11-9-26;1-2-4-18-16(3-1)17-14-24(8-7-19(17)22-18)15-5-6-20(21-13-15)23-9-11-25-12-10-23;1-2-4-18-16(3-1)17-14-24(8-7-19(17)22-18)20-6-5-15(13-21-20)23-9-11-25-12-10-23;1-21-19-23-17-5-3-12(9-18(17)25-19)24-7-6-16-14(10-24)13-8-11(20)2-4-15(13)22-16/h1-4,11-13,26H,5-10,14H2;1-5,12,24H,6-11,13H2;2*1-6,13,22H,7-12,14H2;2-5,8-9,22H,6-7,10H2,1H3,(H,21,23). The Labute approximate surface area is 770 Å². The first-order valence-corrected chi connectivity index (χ1v) is 46.7. The molecule has 0 amide bonds. The summed E-state index contributed by atoms with van der Waals surface area (Å²) in [6, 6.07) is 60.7. The number of nitrogens with one attached hydrogen (secondary N) is 6. The largest absolute Gasteiger partial charge is 0.423 e. The van der Waals surface area contributed by atoms with Crippen LogP contribution in [0.1, 0.15) is 56.3 Å². The quantitative estimate of drug-likeness (QED) is 0.0743. The van der Waals surface area contributed by atoms with E-state index in [1.165, 1.54) is 102 Å². The molecule has 11 aromatic heterocycles. The molecule has 0 atom stereocenters. The number of morpholine rings is 4. The smallest absolute Gasteiger partial charge is 0.298 e. The normalized spacial score (nSPS) is 16.8. The molecule has 6 N–H and O–H groups in total. The first-order chi connectivity index (χ1) is 66.0. The molecule has 27 nitrogen and oxygen atoms in total. The van der Waals surface area contributed by atoms with Gasteiger partial charge < -0.3 is 102 Å². The monoisotopic (exact) mass is 1800 g/mol. The highest BCUT2D eigenvalue weighted by Gasteiger charge is 2.31. The molecular weight excluding hydrogens is 1700 g/mol. The Hall–Kier alpha value is -14.3. The molecule has 0 bridgehead atoms. The molecule has 4 saturated heterocycles. The van der Waals surface area contributed by atoms with E-state index in [-0.39, 0.29) is 17.5 Å². The van der Waals surface area contributed by atoms with E-state index in [0.717, 1.165) is 290 Å². The number of ether oxygens (including phenoxy) is 4. The number of hydrogen-bond donors (Lipinski definition) is 6. The summed E-state index contributed by atoms with van der Waals surface area (Å²) in [6.45, 7) is 21.9. The van der Waals surface area contributed by atoms with Crippen LogP contribution in [0.4, 0.5) is 71.2 Å². The third kappa shape index (κ3) is 17.0. The maximum atomic E-state index is 14.1. The maximum Gasteiger partial charge on any atom is 0.298 e. The molecular formula is C104H104F3N21O6. The van der Waals surface area contributed by atoms with Gasteiger partial charge in [-0.05, 0) is 127 Å². The number of aromatic nitrogens is 11. The van der Waals surface area contributed by atoms with Crippen LogP contribution in [-0.2, 0) is 83.8 Å². The van der Waals surface area contributed by atoms with Crippen molar-refractivity contribution in [3.05, 3.63) is 274 Å². The molecule has 0 radical (unpaired) electrons. The topological polar surface area (TPSA) is 261 Å². The summed E-state index contributed by atoms with van der Waals surface area (Å²) >= 11 is 0. The summed E-state index contributed by atoms with van der Waals surface area (Å²) in [4.78, 5) is 66.0. The Kier molecular flexibility index (Phi) is 23.0. The van der Waals surface area contributed by atoms with Crippen molar-refractivity contribution in [3.8, 4) is 0 Å². The minimum atomic E-state index is -0.201. The Morgan fingerprint density at radius 3 is 1.33 bits per heavy atom. The number of nitrogens with zero attached hydrogens (tertiary/aromatic N) is 15. The fraction of sp³-hybridized carbons (Fsp3) is 0.308. The van der Waals surface area contributed by atoms with E-state index in [9.17, 15) is 13.2 Å². The lowest BCUT2D eigenvalue weighted by Crippen LogP contribution is -2.36. The zero-order valence-electron chi connectivity index (χ0n) is 74.8. The molecule has 27 rings (SSSR count). The molecule has 134 heavy (non-hydrogen) atoms. The zero-order valence-corrected chi connectivity index (χ0v) is 74.8. The summed E-state index contributed by atoms with van der Waals surface area (Å²) in [5, 5.41) is 9.60. The number of oxazole rings is 2. The second-order valence-corrected chi connectivity index (χ2v) is 35.5. The summed E-state index contributed by atoms with van der Waals surface area (Å²) < 4.78 is 74.9. The van der Waals surface area contributed by atoms with E-state index < -0.39 is 0 Å². The number of H-pyrrole nitrogens is 5. The van der Waals surface area contributed by atoms with Gasteiger partial charge in [0.25, 0.3) is 12.0 Å². The van der Waals surface area contributed by atoms with Crippen molar-refractivity contribution < 1.29 is 41.0 Å². The number of fused-ring (bicyclic) bond motifs is 18. The third-order valence-electron chi connectivity index (χ3n) is 27.6. The van der Waals surface area contributed by atoms with Crippen molar-refractivity contribution in [1.29, 1.82) is 0 Å². The fourth-order valence-corrected chi connectivity index (χ4v) is 20.4. The van der Waals surface area contributed by atoms with Crippen LogP contribution in [0, 0.1) is 17.5 Å². The van der Waals surface area contributed by atoms with Crippen molar-refractivity contribution in [3.63, 3.8) is 0 Å². The van der Waals surface area contributed by atoms with Crippen LogP contribution in [0.15, 0.2) is 209 Å². The van der Waals surface area contributed by atoms with Crippen LogP contribution >= 0.6 is 0 Å². The first-order valence-electron chi connectivity index (χ1n) is 46.7. The lowest BCUT2D eigenvalue weighted by atomic mass is 10.0. The van der Waals surface area contributed by atoms with Crippen molar-refractivity contribution in [1.82, 2.24) is 54.8 Å². The van der Waals surface area contributed by atoms with E-state index in [2.05, 4.69) is 193 Å². The summed E-state index contributed by atoms with van der Waals surface area (Å²) in [5.74, 6) is 3.43. The second kappa shape index (κ2) is 36.7. The molecule has 4 fully saturated rings. The average Bonchev–Trinajstić information content (AvgIpc) is 1.62. The van der Waals surface area contributed by atoms with Crippen LogP contribution in [0.3, 0.4) is 0 Å². The highest BCUT2D eigenvalue weighted by molar-refractivity contribution is 5.91. The molecule has 0 aliphatic carbocycles. The van der Waals surface area contributed by atoms with Gasteiger partial charge >= 0.3 is 0 Å². The minimum Gasteiger partial charge on any atom is -0.423 e. The van der Waals surface area contributed by atoms with Gasteiger partial charge in [0, 0.05) is 285 Å². The molecule has 0 saturated carbocycles. The van der Waals surface area contributed by atoms with Crippen LogP contribution in [-0.4, -0.2) is 200 Å². The van der Waals surface area contributed by atoms with Crippen molar-refractivity contribution in [2.24, 2.45) is 0 Å². The highest BCUT2D eigenvalue weighted by Crippen LogP contribution is 2.40. The van der Waals surface area contributed by atoms with Crippen molar-refractivity contribution >= 4 is 146 Å².